The Morgan fingerprint density at radius 2 is 1.74 bits per heavy atom. The smallest absolute Gasteiger partial charge is 1.00 e. The van der Waals surface area contributed by atoms with Crippen molar-refractivity contribution in [2.45, 2.75) is 4.90 Å². The maximum atomic E-state index is 12.0. The molecule has 118 valence electrons. The summed E-state index contributed by atoms with van der Waals surface area (Å²) >= 11 is 5.70. The number of hydrogen-bond acceptors (Lipinski definition) is 5. The zero-order valence-electron chi connectivity index (χ0n) is 12.0. The molecule has 0 aliphatic heterocycles. The van der Waals surface area contributed by atoms with Crippen molar-refractivity contribution in [1.82, 2.24) is 0 Å². The summed E-state index contributed by atoms with van der Waals surface area (Å²) in [6, 6.07) is 12.1. The number of benzene rings is 2. The van der Waals surface area contributed by atoms with Crippen LogP contribution in [0.5, 0.6) is 5.75 Å². The average molecular weight is 386 g/mol. The first-order chi connectivity index (χ1) is 9.92. The van der Waals surface area contributed by atoms with E-state index in [2.05, 4.69) is 10.8 Å². The minimum absolute atomic E-state index is 0. The summed E-state index contributed by atoms with van der Waals surface area (Å²) in [5.74, 6) is -0.573. The van der Waals surface area contributed by atoms with Crippen molar-refractivity contribution in [2.24, 2.45) is 0 Å². The van der Waals surface area contributed by atoms with Crippen LogP contribution in [0, 0.1) is 6.07 Å². The first-order valence-corrected chi connectivity index (χ1v) is 7.51. The maximum Gasteiger partial charge on any atom is 2.00 e. The summed E-state index contributed by atoms with van der Waals surface area (Å²) in [5.41, 5.74) is 0.244. The van der Waals surface area contributed by atoms with Gasteiger partial charge in [0, 0.05) is 10.8 Å². The Morgan fingerprint density at radius 1 is 1.13 bits per heavy atom. The molecule has 0 fully saturated rings. The van der Waals surface area contributed by atoms with Gasteiger partial charge in [-0.1, -0.05) is 17.2 Å². The summed E-state index contributed by atoms with van der Waals surface area (Å²) < 4.78 is 33.5. The van der Waals surface area contributed by atoms with Crippen molar-refractivity contribution in [1.29, 1.82) is 0 Å². The van der Waals surface area contributed by atoms with Gasteiger partial charge in [0.05, 0.1) is 7.11 Å². The van der Waals surface area contributed by atoms with Crippen molar-refractivity contribution < 1.29 is 34.5 Å². The van der Waals surface area contributed by atoms with Crippen LogP contribution in [0.4, 0.5) is 0 Å². The molecule has 9 heteroatoms. The largest absolute Gasteiger partial charge is 2.00 e. The van der Waals surface area contributed by atoms with Crippen LogP contribution in [0.2, 0.25) is 5.02 Å². The van der Waals surface area contributed by atoms with Crippen LogP contribution >= 0.6 is 11.6 Å². The molecular formula is C14H10Cl2MgO5S. The van der Waals surface area contributed by atoms with Crippen LogP contribution in [0.25, 0.3) is 0 Å². The second kappa shape index (κ2) is 9.34. The van der Waals surface area contributed by atoms with Crippen LogP contribution in [-0.2, 0) is 14.9 Å². The molecule has 2 aromatic rings. The van der Waals surface area contributed by atoms with E-state index in [1.54, 1.807) is 0 Å². The van der Waals surface area contributed by atoms with E-state index in [1.807, 2.05) is 0 Å². The van der Waals surface area contributed by atoms with Crippen LogP contribution < -0.4 is 16.6 Å². The monoisotopic (exact) mass is 384 g/mol. The Kier molecular flexibility index (Phi) is 8.93. The summed E-state index contributed by atoms with van der Waals surface area (Å²) in [4.78, 5) is 11.2. The zero-order valence-corrected chi connectivity index (χ0v) is 15.7. The number of methoxy groups -OCH3 is 1. The molecule has 0 saturated heterocycles. The van der Waals surface area contributed by atoms with E-state index in [1.165, 1.54) is 49.6 Å². The van der Waals surface area contributed by atoms with E-state index in [4.69, 9.17) is 15.8 Å². The molecule has 0 heterocycles. The molecule has 0 aromatic heterocycles. The van der Waals surface area contributed by atoms with Crippen molar-refractivity contribution >= 4 is 50.7 Å². The van der Waals surface area contributed by atoms with Gasteiger partial charge in [-0.15, -0.1) is 12.1 Å². The topological polar surface area (TPSA) is 69.7 Å². The van der Waals surface area contributed by atoms with E-state index in [0.29, 0.717) is 5.02 Å². The predicted octanol–water partition coefficient (Wildman–Crippen LogP) is -0.682. The van der Waals surface area contributed by atoms with Crippen LogP contribution in [0.1, 0.15) is 10.4 Å². The first kappa shape index (κ1) is 22.0. The third-order valence-electron chi connectivity index (χ3n) is 2.51. The van der Waals surface area contributed by atoms with Crippen molar-refractivity contribution in [3.05, 3.63) is 59.1 Å². The Labute approximate surface area is 161 Å². The fraction of sp³-hybridized carbons (Fsp3) is 0.0714. The van der Waals surface area contributed by atoms with Gasteiger partial charge >= 0.3 is 33.2 Å². The SMILES string of the molecule is COC(=O)c1c[c-]c(OS(=O)(=O)c2ccc(Cl)cc2)cc1.[Cl-].[Mg+2]. The minimum atomic E-state index is -3.97. The third kappa shape index (κ3) is 5.85. The van der Waals surface area contributed by atoms with E-state index < -0.39 is 16.1 Å². The van der Waals surface area contributed by atoms with E-state index in [-0.39, 0.29) is 51.7 Å². The van der Waals surface area contributed by atoms with Crippen LogP contribution in [-0.4, -0.2) is 44.5 Å². The molecule has 0 radical (unpaired) electrons. The van der Waals surface area contributed by atoms with Crippen molar-refractivity contribution in [2.75, 3.05) is 7.11 Å². The van der Waals surface area contributed by atoms with Gasteiger partial charge in [-0.05, 0) is 24.3 Å². The molecule has 0 unspecified atom stereocenters. The normalized spacial score (nSPS) is 10.0. The van der Waals surface area contributed by atoms with Gasteiger partial charge in [0.2, 0.25) is 0 Å². The van der Waals surface area contributed by atoms with E-state index in [0.717, 1.165) is 0 Å². The van der Waals surface area contributed by atoms with Gasteiger partial charge < -0.3 is 21.3 Å². The average Bonchev–Trinajstić information content (AvgIpc) is 2.47. The van der Waals surface area contributed by atoms with Crippen LogP contribution in [0.3, 0.4) is 0 Å². The molecule has 0 amide bonds. The Hall–Kier alpha value is -0.994. The van der Waals surface area contributed by atoms with Crippen LogP contribution in [0.15, 0.2) is 47.4 Å². The minimum Gasteiger partial charge on any atom is -1.00 e. The maximum absolute atomic E-state index is 12.0. The number of halogens is 2. The summed E-state index contributed by atoms with van der Waals surface area (Å²) in [6.45, 7) is 0. The fourth-order valence-corrected chi connectivity index (χ4v) is 2.51. The number of rotatable bonds is 4. The molecule has 2 aromatic carbocycles. The van der Waals surface area contributed by atoms with Gasteiger partial charge in [-0.25, -0.2) is 0 Å². The molecule has 2 rings (SSSR count). The molecule has 0 atom stereocenters. The standard InChI is InChI=1S/C14H10ClO5S.ClH.Mg/c1-19-14(16)10-2-6-12(7-3-10)20-21(17,18)13-8-4-11(15)5-9-13;;/h2-6,8-9H,1H3;1H;/q-1;;+2/p-1. The summed E-state index contributed by atoms with van der Waals surface area (Å²) in [7, 11) is -2.73. The first-order valence-electron chi connectivity index (χ1n) is 5.72. The van der Waals surface area contributed by atoms with Gasteiger partial charge in [0.25, 0.3) is 5.97 Å². The predicted molar refractivity (Wildman–Crippen MR) is 81.6 cm³/mol. The van der Waals surface area contributed by atoms with Crippen molar-refractivity contribution in [3.8, 4) is 5.75 Å². The van der Waals surface area contributed by atoms with Gasteiger partial charge in [-0.2, -0.15) is 20.6 Å². The Morgan fingerprint density at radius 3 is 2.22 bits per heavy atom. The van der Waals surface area contributed by atoms with Gasteiger partial charge in [0.15, 0.2) is 0 Å². The molecule has 23 heavy (non-hydrogen) atoms. The molecular weight excluding hydrogens is 375 g/mol. The molecule has 0 bridgehead atoms. The zero-order chi connectivity index (χ0) is 15.5. The number of carbonyl (C=O) groups is 1. The third-order valence-corrected chi connectivity index (χ3v) is 4.01. The molecule has 0 N–H and O–H groups in total. The van der Waals surface area contributed by atoms with Gasteiger partial charge in [0.1, 0.15) is 4.90 Å². The molecule has 5 nitrogen and oxygen atoms in total. The van der Waals surface area contributed by atoms with E-state index in [9.17, 15) is 13.2 Å². The fourth-order valence-electron chi connectivity index (χ4n) is 1.47. The second-order valence-corrected chi connectivity index (χ2v) is 5.91. The quantitative estimate of drug-likeness (QED) is 0.302. The molecule has 0 spiro atoms. The van der Waals surface area contributed by atoms with Crippen molar-refractivity contribution in [3.63, 3.8) is 0 Å². The molecule has 0 saturated carbocycles. The Bertz CT molecular complexity index is 746. The number of carbonyl (C=O) groups excluding carboxylic acids is 1. The summed E-state index contributed by atoms with van der Waals surface area (Å²) in [5, 5.41) is 0.419. The Balaban J connectivity index is 0.00000242. The van der Waals surface area contributed by atoms with E-state index >= 15 is 0 Å². The number of esters is 1. The molecule has 0 aliphatic carbocycles. The van der Waals surface area contributed by atoms with Gasteiger partial charge in [-0.3, -0.25) is 4.79 Å². The summed E-state index contributed by atoms with van der Waals surface area (Å²) in [6.07, 6.45) is 0. The molecule has 0 aliphatic rings. The number of ether oxygens (including phenoxy) is 1. The second-order valence-electron chi connectivity index (χ2n) is 3.92. The number of hydrogen-bond donors (Lipinski definition) is 0.